The van der Waals surface area contributed by atoms with E-state index < -0.39 is 0 Å². The van der Waals surface area contributed by atoms with Crippen LogP contribution in [0.15, 0.2) is 28.8 Å². The normalized spacial score (nSPS) is 15.3. The average Bonchev–Trinajstić information content (AvgIpc) is 2.88. The van der Waals surface area contributed by atoms with E-state index >= 15 is 0 Å². The summed E-state index contributed by atoms with van der Waals surface area (Å²) in [6.07, 6.45) is -0.103. The summed E-state index contributed by atoms with van der Waals surface area (Å²) < 4.78 is 24.5. The number of halogens is 1. The molecule has 0 spiro atoms. The first kappa shape index (κ1) is 16.5. The Kier molecular flexibility index (Phi) is 4.07. The standard InChI is InChI=1S/C18H21FN2O3/c1-11-7-15(20-24-11)17(22)21-9-13(10-21)23-16-6-5-12(19)8-14(16)18(2,3)4/h5-8,13H,9-10H2,1-4H3. The fourth-order valence-electron chi connectivity index (χ4n) is 2.68. The van der Waals surface area contributed by atoms with Crippen molar-refractivity contribution in [1.29, 1.82) is 0 Å². The molecular formula is C18H21FN2O3. The lowest BCUT2D eigenvalue weighted by atomic mass is 9.86. The van der Waals surface area contributed by atoms with Gasteiger partial charge in [-0.3, -0.25) is 4.79 Å². The molecule has 1 aromatic carbocycles. The summed E-state index contributed by atoms with van der Waals surface area (Å²) in [6.45, 7) is 8.74. The van der Waals surface area contributed by atoms with Crippen LogP contribution in [0.2, 0.25) is 0 Å². The maximum Gasteiger partial charge on any atom is 0.276 e. The fourth-order valence-corrected chi connectivity index (χ4v) is 2.68. The SMILES string of the molecule is Cc1cc(C(=O)N2CC(Oc3ccc(F)cc3C(C)(C)C)C2)no1. The third-order valence-electron chi connectivity index (χ3n) is 4.03. The first-order chi connectivity index (χ1) is 11.2. The highest BCUT2D eigenvalue weighted by Gasteiger charge is 2.35. The molecule has 2 heterocycles. The summed E-state index contributed by atoms with van der Waals surface area (Å²) in [7, 11) is 0. The number of benzene rings is 1. The number of likely N-dealkylation sites (tertiary alicyclic amines) is 1. The number of nitrogens with zero attached hydrogens (tertiary/aromatic N) is 2. The Morgan fingerprint density at radius 1 is 1.33 bits per heavy atom. The van der Waals surface area contributed by atoms with E-state index in [0.717, 1.165) is 5.56 Å². The first-order valence-electron chi connectivity index (χ1n) is 7.93. The third kappa shape index (κ3) is 3.27. The largest absolute Gasteiger partial charge is 0.486 e. The minimum atomic E-state index is -0.279. The second-order valence-corrected chi connectivity index (χ2v) is 7.16. The Labute approximate surface area is 140 Å². The highest BCUT2D eigenvalue weighted by molar-refractivity contribution is 5.92. The third-order valence-corrected chi connectivity index (χ3v) is 4.03. The lowest BCUT2D eigenvalue weighted by Gasteiger charge is -2.39. The molecule has 1 amide bonds. The van der Waals surface area contributed by atoms with Crippen molar-refractivity contribution >= 4 is 5.91 Å². The van der Waals surface area contributed by atoms with E-state index in [1.54, 1.807) is 24.0 Å². The van der Waals surface area contributed by atoms with Crippen molar-refractivity contribution in [1.82, 2.24) is 10.1 Å². The van der Waals surface area contributed by atoms with E-state index in [9.17, 15) is 9.18 Å². The number of rotatable bonds is 3. The van der Waals surface area contributed by atoms with Crippen molar-refractivity contribution in [3.05, 3.63) is 47.1 Å². The van der Waals surface area contributed by atoms with Crippen molar-refractivity contribution in [2.24, 2.45) is 0 Å². The molecule has 3 rings (SSSR count). The van der Waals surface area contributed by atoms with Crippen LogP contribution in [0.3, 0.4) is 0 Å². The predicted molar refractivity (Wildman–Crippen MR) is 86.7 cm³/mol. The number of hydrogen-bond acceptors (Lipinski definition) is 4. The first-order valence-corrected chi connectivity index (χ1v) is 7.93. The minimum Gasteiger partial charge on any atom is -0.486 e. The van der Waals surface area contributed by atoms with Gasteiger partial charge in [0.2, 0.25) is 0 Å². The van der Waals surface area contributed by atoms with Gasteiger partial charge in [-0.25, -0.2) is 4.39 Å². The summed E-state index contributed by atoms with van der Waals surface area (Å²) in [5, 5.41) is 3.74. The fraction of sp³-hybridized carbons (Fsp3) is 0.444. The number of carbonyl (C=O) groups excluding carboxylic acids is 1. The smallest absolute Gasteiger partial charge is 0.276 e. The van der Waals surface area contributed by atoms with Crippen LogP contribution in [0.4, 0.5) is 4.39 Å². The van der Waals surface area contributed by atoms with Gasteiger partial charge in [-0.2, -0.15) is 0 Å². The van der Waals surface area contributed by atoms with Crippen molar-refractivity contribution in [3.8, 4) is 5.75 Å². The molecule has 1 fully saturated rings. The molecule has 0 N–H and O–H groups in total. The summed E-state index contributed by atoms with van der Waals surface area (Å²) in [4.78, 5) is 13.9. The van der Waals surface area contributed by atoms with Crippen LogP contribution in [0.1, 0.15) is 42.6 Å². The number of ether oxygens (including phenoxy) is 1. The quantitative estimate of drug-likeness (QED) is 0.865. The lowest BCUT2D eigenvalue weighted by molar-refractivity contribution is 0.0163. The number of aryl methyl sites for hydroxylation is 1. The number of carbonyl (C=O) groups is 1. The Morgan fingerprint density at radius 3 is 2.62 bits per heavy atom. The molecule has 0 unspecified atom stereocenters. The summed E-state index contributed by atoms with van der Waals surface area (Å²) in [5.41, 5.74) is 0.900. The van der Waals surface area contributed by atoms with E-state index in [1.165, 1.54) is 12.1 Å². The van der Waals surface area contributed by atoms with Gasteiger partial charge in [-0.15, -0.1) is 0 Å². The van der Waals surface area contributed by atoms with E-state index in [2.05, 4.69) is 5.16 Å². The van der Waals surface area contributed by atoms with E-state index in [-0.39, 0.29) is 23.2 Å². The second-order valence-electron chi connectivity index (χ2n) is 7.16. The molecule has 5 nitrogen and oxygen atoms in total. The Bertz CT molecular complexity index is 758. The van der Waals surface area contributed by atoms with Gasteiger partial charge < -0.3 is 14.2 Å². The molecule has 1 aliphatic heterocycles. The number of aromatic nitrogens is 1. The van der Waals surface area contributed by atoms with Crippen molar-refractivity contribution in [2.45, 2.75) is 39.2 Å². The predicted octanol–water partition coefficient (Wildman–Crippen LogP) is 3.32. The van der Waals surface area contributed by atoms with Crippen LogP contribution in [0.25, 0.3) is 0 Å². The van der Waals surface area contributed by atoms with Gasteiger partial charge >= 0.3 is 0 Å². The summed E-state index contributed by atoms with van der Waals surface area (Å²) >= 11 is 0. The van der Waals surface area contributed by atoms with Gasteiger partial charge in [0.05, 0.1) is 13.1 Å². The highest BCUT2D eigenvalue weighted by atomic mass is 19.1. The van der Waals surface area contributed by atoms with Gasteiger partial charge in [0, 0.05) is 11.6 Å². The molecule has 128 valence electrons. The maximum atomic E-state index is 13.5. The van der Waals surface area contributed by atoms with Gasteiger partial charge in [-0.1, -0.05) is 25.9 Å². The molecule has 0 aliphatic carbocycles. The van der Waals surface area contributed by atoms with Crippen LogP contribution in [-0.4, -0.2) is 35.2 Å². The Balaban J connectivity index is 1.65. The lowest BCUT2D eigenvalue weighted by Crippen LogP contribution is -2.56. The molecule has 2 aromatic rings. The van der Waals surface area contributed by atoms with E-state index in [4.69, 9.17) is 9.26 Å². The number of hydrogen-bond donors (Lipinski definition) is 0. The second kappa shape index (κ2) is 5.92. The molecule has 0 saturated carbocycles. The van der Waals surface area contributed by atoms with Crippen molar-refractivity contribution < 1.29 is 18.4 Å². The van der Waals surface area contributed by atoms with Gasteiger partial charge in [0.25, 0.3) is 5.91 Å². The molecule has 24 heavy (non-hydrogen) atoms. The molecule has 0 radical (unpaired) electrons. The zero-order valence-corrected chi connectivity index (χ0v) is 14.3. The summed E-state index contributed by atoms with van der Waals surface area (Å²) in [5.74, 6) is 0.826. The molecular weight excluding hydrogens is 311 g/mol. The summed E-state index contributed by atoms with van der Waals surface area (Å²) in [6, 6.07) is 6.18. The highest BCUT2D eigenvalue weighted by Crippen LogP contribution is 2.33. The van der Waals surface area contributed by atoms with Gasteiger partial charge in [0.1, 0.15) is 23.4 Å². The number of amides is 1. The zero-order valence-electron chi connectivity index (χ0n) is 14.3. The van der Waals surface area contributed by atoms with E-state index in [0.29, 0.717) is 30.3 Å². The van der Waals surface area contributed by atoms with Crippen LogP contribution < -0.4 is 4.74 Å². The zero-order chi connectivity index (χ0) is 17.5. The van der Waals surface area contributed by atoms with Gasteiger partial charge in [-0.05, 0) is 30.5 Å². The van der Waals surface area contributed by atoms with Crippen molar-refractivity contribution in [2.75, 3.05) is 13.1 Å². The van der Waals surface area contributed by atoms with Gasteiger partial charge in [0.15, 0.2) is 5.69 Å². The maximum absolute atomic E-state index is 13.5. The molecule has 0 atom stereocenters. The minimum absolute atomic E-state index is 0.103. The average molecular weight is 332 g/mol. The van der Waals surface area contributed by atoms with E-state index in [1.807, 2.05) is 20.8 Å². The van der Waals surface area contributed by atoms with Crippen LogP contribution in [0, 0.1) is 12.7 Å². The monoisotopic (exact) mass is 332 g/mol. The topological polar surface area (TPSA) is 55.6 Å². The van der Waals surface area contributed by atoms with Crippen LogP contribution in [0.5, 0.6) is 5.75 Å². The molecule has 1 aromatic heterocycles. The molecule has 1 aliphatic rings. The molecule has 0 bridgehead atoms. The molecule has 6 heteroatoms. The molecule has 1 saturated heterocycles. The Hall–Kier alpha value is -2.37. The van der Waals surface area contributed by atoms with Crippen LogP contribution >= 0.6 is 0 Å². The Morgan fingerprint density at radius 2 is 2.04 bits per heavy atom. The van der Waals surface area contributed by atoms with Crippen LogP contribution in [-0.2, 0) is 5.41 Å². The van der Waals surface area contributed by atoms with Crippen molar-refractivity contribution in [3.63, 3.8) is 0 Å².